The number of hydrogen-bond donors (Lipinski definition) is 2. The molecule has 1 aromatic carbocycles. The largest absolute Gasteiger partial charge is 0.356 e. The van der Waals surface area contributed by atoms with Crippen LogP contribution in [0.3, 0.4) is 0 Å². The molecule has 1 unspecified atom stereocenters. The van der Waals surface area contributed by atoms with E-state index in [4.69, 9.17) is 0 Å². The van der Waals surface area contributed by atoms with Crippen LogP contribution >= 0.6 is 0 Å². The lowest BCUT2D eigenvalue weighted by Gasteiger charge is -2.17. The topological polar surface area (TPSA) is 65.2 Å². The van der Waals surface area contributed by atoms with E-state index in [1.807, 2.05) is 25.1 Å². The molecular weight excluding hydrogens is 302 g/mol. The normalized spacial score (nSPS) is 17.8. The summed E-state index contributed by atoms with van der Waals surface area (Å²) in [4.78, 5) is 28.9. The van der Waals surface area contributed by atoms with Gasteiger partial charge in [-0.2, -0.15) is 0 Å². The Balaban J connectivity index is 1.60. The number of aromatic amines is 1. The van der Waals surface area contributed by atoms with E-state index >= 15 is 0 Å². The lowest BCUT2D eigenvalue weighted by molar-refractivity contribution is 0.0936. The van der Waals surface area contributed by atoms with Crippen molar-refractivity contribution in [2.45, 2.75) is 32.9 Å². The number of amides is 1. The van der Waals surface area contributed by atoms with Gasteiger partial charge < -0.3 is 10.3 Å². The standard InChI is InChI=1S/C19H23N3O2/c1-13-17(12-23)20-14(2)18(13)19(24)21-16-8-9-22(11-16)10-15-6-4-3-5-7-15/h3-7,12,16,20H,8-11H2,1-2H3,(H,21,24). The Labute approximate surface area is 142 Å². The number of H-pyrrole nitrogens is 1. The first-order valence-corrected chi connectivity index (χ1v) is 8.30. The molecule has 126 valence electrons. The van der Waals surface area contributed by atoms with Crippen LogP contribution in [0.15, 0.2) is 30.3 Å². The highest BCUT2D eigenvalue weighted by Crippen LogP contribution is 2.18. The van der Waals surface area contributed by atoms with E-state index in [1.54, 1.807) is 6.92 Å². The zero-order valence-electron chi connectivity index (χ0n) is 14.1. The van der Waals surface area contributed by atoms with Crippen molar-refractivity contribution in [1.82, 2.24) is 15.2 Å². The highest BCUT2D eigenvalue weighted by Gasteiger charge is 2.26. The molecule has 0 spiro atoms. The van der Waals surface area contributed by atoms with Gasteiger partial charge in [-0.1, -0.05) is 30.3 Å². The smallest absolute Gasteiger partial charge is 0.253 e. The summed E-state index contributed by atoms with van der Waals surface area (Å²) in [5.74, 6) is -0.0964. The quantitative estimate of drug-likeness (QED) is 0.830. The number of rotatable bonds is 5. The summed E-state index contributed by atoms with van der Waals surface area (Å²) in [6, 6.07) is 10.5. The minimum absolute atomic E-state index is 0.0964. The molecule has 0 bridgehead atoms. The van der Waals surface area contributed by atoms with Gasteiger partial charge in [0.05, 0.1) is 11.3 Å². The van der Waals surface area contributed by atoms with E-state index < -0.39 is 0 Å². The average molecular weight is 325 g/mol. The molecule has 5 heteroatoms. The molecule has 1 atom stereocenters. The number of aromatic nitrogens is 1. The predicted molar refractivity (Wildman–Crippen MR) is 93.2 cm³/mol. The molecule has 3 rings (SSSR count). The van der Waals surface area contributed by atoms with Crippen LogP contribution in [-0.4, -0.2) is 41.2 Å². The highest BCUT2D eigenvalue weighted by molar-refractivity contribution is 5.99. The van der Waals surface area contributed by atoms with Gasteiger partial charge >= 0.3 is 0 Å². The number of aryl methyl sites for hydroxylation is 1. The minimum Gasteiger partial charge on any atom is -0.356 e. The molecule has 24 heavy (non-hydrogen) atoms. The molecule has 2 aromatic rings. The number of likely N-dealkylation sites (tertiary alicyclic amines) is 1. The number of nitrogens with one attached hydrogen (secondary N) is 2. The third-order valence-corrected chi connectivity index (χ3v) is 4.68. The van der Waals surface area contributed by atoms with Crippen LogP contribution in [0.5, 0.6) is 0 Å². The summed E-state index contributed by atoms with van der Waals surface area (Å²) in [5, 5.41) is 3.11. The maximum absolute atomic E-state index is 12.6. The summed E-state index contributed by atoms with van der Waals surface area (Å²) in [5.41, 5.74) is 3.83. The second kappa shape index (κ2) is 7.01. The number of carbonyl (C=O) groups excluding carboxylic acids is 2. The molecule has 0 radical (unpaired) electrons. The van der Waals surface area contributed by atoms with Crippen LogP contribution in [0, 0.1) is 13.8 Å². The van der Waals surface area contributed by atoms with Gasteiger partial charge in [0.1, 0.15) is 0 Å². The third-order valence-electron chi connectivity index (χ3n) is 4.68. The van der Waals surface area contributed by atoms with Gasteiger partial charge in [-0.05, 0) is 31.4 Å². The second-order valence-electron chi connectivity index (χ2n) is 6.46. The van der Waals surface area contributed by atoms with Crippen LogP contribution < -0.4 is 5.32 Å². The van der Waals surface area contributed by atoms with Crippen LogP contribution in [0.25, 0.3) is 0 Å². The van der Waals surface area contributed by atoms with Crippen LogP contribution in [0.1, 0.15) is 44.1 Å². The van der Waals surface area contributed by atoms with Crippen molar-refractivity contribution in [3.8, 4) is 0 Å². The fourth-order valence-corrected chi connectivity index (χ4v) is 3.43. The third kappa shape index (κ3) is 3.41. The first-order valence-electron chi connectivity index (χ1n) is 8.30. The molecule has 1 aliphatic rings. The van der Waals surface area contributed by atoms with Gasteiger partial charge in [-0.3, -0.25) is 14.5 Å². The van der Waals surface area contributed by atoms with Gasteiger partial charge in [0.15, 0.2) is 6.29 Å². The Bertz CT molecular complexity index is 737. The number of carbonyl (C=O) groups is 2. The van der Waals surface area contributed by atoms with Crippen LogP contribution in [-0.2, 0) is 6.54 Å². The van der Waals surface area contributed by atoms with E-state index in [-0.39, 0.29) is 11.9 Å². The van der Waals surface area contributed by atoms with E-state index in [0.29, 0.717) is 11.3 Å². The number of aldehydes is 1. The van der Waals surface area contributed by atoms with Gasteiger partial charge in [0.2, 0.25) is 0 Å². The van der Waals surface area contributed by atoms with Crippen molar-refractivity contribution < 1.29 is 9.59 Å². The summed E-state index contributed by atoms with van der Waals surface area (Å²) in [6.45, 7) is 6.36. The fourth-order valence-electron chi connectivity index (χ4n) is 3.43. The molecule has 0 aliphatic carbocycles. The van der Waals surface area contributed by atoms with Crippen molar-refractivity contribution in [3.05, 3.63) is 58.4 Å². The highest BCUT2D eigenvalue weighted by atomic mass is 16.1. The summed E-state index contributed by atoms with van der Waals surface area (Å²) >= 11 is 0. The Morgan fingerprint density at radius 2 is 2.08 bits per heavy atom. The molecule has 2 heterocycles. The Morgan fingerprint density at radius 1 is 1.33 bits per heavy atom. The van der Waals surface area contributed by atoms with Gasteiger partial charge in [-0.25, -0.2) is 0 Å². The average Bonchev–Trinajstić information content (AvgIpc) is 3.12. The van der Waals surface area contributed by atoms with Crippen molar-refractivity contribution in [3.63, 3.8) is 0 Å². The van der Waals surface area contributed by atoms with Crippen molar-refractivity contribution in [1.29, 1.82) is 0 Å². The Kier molecular flexibility index (Phi) is 4.81. The van der Waals surface area contributed by atoms with E-state index in [1.165, 1.54) is 5.56 Å². The maximum Gasteiger partial charge on any atom is 0.253 e. The number of hydrogen-bond acceptors (Lipinski definition) is 3. The summed E-state index contributed by atoms with van der Waals surface area (Å²) in [7, 11) is 0. The Hall–Kier alpha value is -2.40. The monoisotopic (exact) mass is 325 g/mol. The molecule has 1 saturated heterocycles. The van der Waals surface area contributed by atoms with E-state index in [2.05, 4.69) is 27.3 Å². The zero-order valence-corrected chi connectivity index (χ0v) is 14.1. The first kappa shape index (κ1) is 16.5. The molecule has 1 amide bonds. The Morgan fingerprint density at radius 3 is 2.75 bits per heavy atom. The molecule has 5 nitrogen and oxygen atoms in total. The van der Waals surface area contributed by atoms with Crippen molar-refractivity contribution in [2.75, 3.05) is 13.1 Å². The van der Waals surface area contributed by atoms with Crippen molar-refractivity contribution in [2.24, 2.45) is 0 Å². The first-order chi connectivity index (χ1) is 11.6. The van der Waals surface area contributed by atoms with Gasteiger partial charge in [-0.15, -0.1) is 0 Å². The number of nitrogens with zero attached hydrogens (tertiary/aromatic N) is 1. The molecule has 1 fully saturated rings. The minimum atomic E-state index is -0.0964. The van der Waals surface area contributed by atoms with E-state index in [0.717, 1.165) is 43.6 Å². The number of benzene rings is 1. The molecule has 0 saturated carbocycles. The maximum atomic E-state index is 12.6. The zero-order chi connectivity index (χ0) is 17.1. The van der Waals surface area contributed by atoms with Crippen LogP contribution in [0.4, 0.5) is 0 Å². The molecular formula is C19H23N3O2. The van der Waals surface area contributed by atoms with Crippen LogP contribution in [0.2, 0.25) is 0 Å². The molecule has 2 N–H and O–H groups in total. The molecule has 1 aromatic heterocycles. The SMILES string of the molecule is Cc1[nH]c(C=O)c(C)c1C(=O)NC1CCN(Cc2ccccc2)C1. The van der Waals surface area contributed by atoms with E-state index in [9.17, 15) is 9.59 Å². The molecule has 1 aliphatic heterocycles. The van der Waals surface area contributed by atoms with Gasteiger partial charge in [0.25, 0.3) is 5.91 Å². The summed E-state index contributed by atoms with van der Waals surface area (Å²) in [6.07, 6.45) is 1.71. The lowest BCUT2D eigenvalue weighted by atomic mass is 10.1. The second-order valence-corrected chi connectivity index (χ2v) is 6.46. The summed E-state index contributed by atoms with van der Waals surface area (Å²) < 4.78 is 0. The van der Waals surface area contributed by atoms with Crippen molar-refractivity contribution >= 4 is 12.2 Å². The lowest BCUT2D eigenvalue weighted by Crippen LogP contribution is -2.37. The fraction of sp³-hybridized carbons (Fsp3) is 0.368. The predicted octanol–water partition coefficient (Wildman–Crippen LogP) is 2.45. The van der Waals surface area contributed by atoms with Gasteiger partial charge in [0, 0.05) is 31.4 Å².